The van der Waals surface area contributed by atoms with Crippen molar-refractivity contribution in [1.29, 1.82) is 0 Å². The Morgan fingerprint density at radius 2 is 2.11 bits per heavy atom. The third-order valence-electron chi connectivity index (χ3n) is 2.73. The first kappa shape index (κ1) is 13.3. The molecule has 0 aliphatic carbocycles. The molecule has 0 unspecified atom stereocenters. The lowest BCUT2D eigenvalue weighted by Crippen LogP contribution is -1.97. The van der Waals surface area contributed by atoms with E-state index in [-0.39, 0.29) is 0 Å². The Bertz CT molecular complexity index is 572. The van der Waals surface area contributed by atoms with Crippen LogP contribution in [-0.2, 0) is 6.42 Å². The van der Waals surface area contributed by atoms with Gasteiger partial charge in [0.1, 0.15) is 17.3 Å². The molecule has 2 aromatic rings. The molecule has 0 fully saturated rings. The quantitative estimate of drug-likeness (QED) is 0.843. The van der Waals surface area contributed by atoms with Crippen molar-refractivity contribution in [3.05, 3.63) is 45.3 Å². The molecule has 2 rings (SSSR count). The summed E-state index contributed by atoms with van der Waals surface area (Å²) in [5, 5.41) is 3.62. The monoisotopic (exact) mass is 325 g/mol. The van der Waals surface area contributed by atoms with Crippen LogP contribution in [0.15, 0.2) is 29.0 Å². The van der Waals surface area contributed by atoms with Crippen LogP contribution in [0.3, 0.4) is 0 Å². The molecule has 5 heteroatoms. The molecule has 1 aromatic heterocycles. The molecule has 1 N–H and O–H groups in total. The van der Waals surface area contributed by atoms with Gasteiger partial charge in [-0.3, -0.25) is 0 Å². The third kappa shape index (κ3) is 2.82. The predicted molar refractivity (Wildman–Crippen MR) is 78.6 cm³/mol. The first-order valence-electron chi connectivity index (χ1n) is 5.64. The fourth-order valence-electron chi connectivity index (χ4n) is 1.74. The van der Waals surface area contributed by atoms with Crippen LogP contribution in [0.1, 0.15) is 18.1 Å². The van der Waals surface area contributed by atoms with Crippen LogP contribution in [0.25, 0.3) is 0 Å². The molecular formula is C13H13BrClN3. The van der Waals surface area contributed by atoms with E-state index >= 15 is 0 Å². The van der Waals surface area contributed by atoms with Gasteiger partial charge in [-0.2, -0.15) is 0 Å². The van der Waals surface area contributed by atoms with E-state index in [9.17, 15) is 0 Å². The number of hydrogen-bond acceptors (Lipinski definition) is 3. The van der Waals surface area contributed by atoms with E-state index in [2.05, 4.69) is 57.2 Å². The zero-order valence-electron chi connectivity index (χ0n) is 10.2. The van der Waals surface area contributed by atoms with E-state index in [1.807, 2.05) is 6.07 Å². The van der Waals surface area contributed by atoms with Gasteiger partial charge in [-0.05, 0) is 52.5 Å². The van der Waals surface area contributed by atoms with Gasteiger partial charge in [0.15, 0.2) is 0 Å². The fraction of sp³-hybridized carbons (Fsp3) is 0.231. The average molecular weight is 327 g/mol. The Hall–Kier alpha value is -1.13. The van der Waals surface area contributed by atoms with Crippen molar-refractivity contribution in [1.82, 2.24) is 9.97 Å². The molecule has 0 aliphatic rings. The zero-order valence-corrected chi connectivity index (χ0v) is 12.5. The molecule has 0 saturated carbocycles. The topological polar surface area (TPSA) is 37.8 Å². The number of aryl methyl sites for hydroxylation is 2. The van der Waals surface area contributed by atoms with Gasteiger partial charge < -0.3 is 5.32 Å². The van der Waals surface area contributed by atoms with E-state index in [0.29, 0.717) is 15.4 Å². The molecule has 0 spiro atoms. The van der Waals surface area contributed by atoms with Gasteiger partial charge in [-0.1, -0.05) is 24.6 Å². The van der Waals surface area contributed by atoms with E-state index in [4.69, 9.17) is 11.6 Å². The molecule has 0 atom stereocenters. The Kier molecular flexibility index (Phi) is 4.19. The van der Waals surface area contributed by atoms with E-state index in [1.54, 1.807) is 0 Å². The van der Waals surface area contributed by atoms with Gasteiger partial charge in [0.05, 0.1) is 4.47 Å². The molecule has 1 heterocycles. The lowest BCUT2D eigenvalue weighted by atomic mass is 10.1. The van der Waals surface area contributed by atoms with E-state index < -0.39 is 0 Å². The van der Waals surface area contributed by atoms with Crippen molar-refractivity contribution in [2.75, 3.05) is 5.32 Å². The summed E-state index contributed by atoms with van der Waals surface area (Å²) in [6.07, 6.45) is 2.47. The van der Waals surface area contributed by atoms with Crippen LogP contribution >= 0.6 is 27.5 Å². The third-order valence-corrected chi connectivity index (χ3v) is 4.00. The highest BCUT2D eigenvalue weighted by Gasteiger charge is 2.07. The maximum Gasteiger partial charge on any atom is 0.149 e. The number of aromatic nitrogens is 2. The predicted octanol–water partition coefficient (Wildman–Crippen LogP) is 4.51. The van der Waals surface area contributed by atoms with Gasteiger partial charge >= 0.3 is 0 Å². The molecule has 0 radical (unpaired) electrons. The smallest absolute Gasteiger partial charge is 0.149 e. The normalized spacial score (nSPS) is 10.4. The maximum atomic E-state index is 5.92. The van der Waals surface area contributed by atoms with Crippen molar-refractivity contribution in [3.8, 4) is 0 Å². The van der Waals surface area contributed by atoms with Gasteiger partial charge in [0, 0.05) is 5.69 Å². The number of nitrogens with one attached hydrogen (secondary N) is 1. The Morgan fingerprint density at radius 1 is 1.33 bits per heavy atom. The molecule has 94 valence electrons. The summed E-state index contributed by atoms with van der Waals surface area (Å²) in [4.78, 5) is 8.05. The zero-order chi connectivity index (χ0) is 13.1. The number of benzene rings is 1. The molecule has 0 amide bonds. The maximum absolute atomic E-state index is 5.92. The highest BCUT2D eigenvalue weighted by molar-refractivity contribution is 9.10. The lowest BCUT2D eigenvalue weighted by Gasteiger charge is -2.10. The van der Waals surface area contributed by atoms with Crippen LogP contribution in [0, 0.1) is 6.92 Å². The van der Waals surface area contributed by atoms with Crippen LogP contribution in [0.4, 0.5) is 11.5 Å². The first-order chi connectivity index (χ1) is 8.61. The minimum absolute atomic E-state index is 0.398. The summed E-state index contributed by atoms with van der Waals surface area (Å²) < 4.78 is 0.670. The highest BCUT2D eigenvalue weighted by atomic mass is 79.9. The number of rotatable bonds is 3. The molecule has 18 heavy (non-hydrogen) atoms. The second-order valence-electron chi connectivity index (χ2n) is 3.95. The van der Waals surface area contributed by atoms with Crippen LogP contribution in [0.2, 0.25) is 5.15 Å². The summed E-state index contributed by atoms with van der Waals surface area (Å²) in [5.41, 5.74) is 3.60. The van der Waals surface area contributed by atoms with E-state index in [1.165, 1.54) is 17.5 Å². The minimum Gasteiger partial charge on any atom is -0.339 e. The largest absolute Gasteiger partial charge is 0.339 e. The molecule has 1 aromatic carbocycles. The summed E-state index contributed by atoms with van der Waals surface area (Å²) in [7, 11) is 0. The summed E-state index contributed by atoms with van der Waals surface area (Å²) in [6, 6.07) is 6.25. The Balaban J connectivity index is 2.29. The van der Waals surface area contributed by atoms with Crippen molar-refractivity contribution >= 4 is 39.0 Å². The van der Waals surface area contributed by atoms with Gasteiger partial charge in [0.25, 0.3) is 0 Å². The molecule has 3 nitrogen and oxygen atoms in total. The molecule has 0 aliphatic heterocycles. The van der Waals surface area contributed by atoms with Gasteiger partial charge in [0.2, 0.25) is 0 Å². The molecule has 0 bridgehead atoms. The van der Waals surface area contributed by atoms with Crippen molar-refractivity contribution in [2.24, 2.45) is 0 Å². The number of nitrogens with zero attached hydrogens (tertiary/aromatic N) is 2. The lowest BCUT2D eigenvalue weighted by molar-refractivity contribution is 1.11. The Labute approximate surface area is 120 Å². The fourth-order valence-corrected chi connectivity index (χ4v) is 2.18. The van der Waals surface area contributed by atoms with Crippen molar-refractivity contribution < 1.29 is 0 Å². The second kappa shape index (κ2) is 5.67. The first-order valence-corrected chi connectivity index (χ1v) is 6.81. The van der Waals surface area contributed by atoms with Crippen LogP contribution in [-0.4, -0.2) is 9.97 Å². The van der Waals surface area contributed by atoms with Crippen LogP contribution < -0.4 is 5.32 Å². The van der Waals surface area contributed by atoms with Gasteiger partial charge in [-0.15, -0.1) is 0 Å². The molecule has 0 saturated heterocycles. The van der Waals surface area contributed by atoms with Crippen molar-refractivity contribution in [2.45, 2.75) is 20.3 Å². The Morgan fingerprint density at radius 3 is 2.78 bits per heavy atom. The second-order valence-corrected chi connectivity index (χ2v) is 5.10. The SMILES string of the molecule is CCc1ccc(Nc2ncnc(Cl)c2Br)cc1C. The number of halogens is 2. The summed E-state index contributed by atoms with van der Waals surface area (Å²) in [5.74, 6) is 0.665. The highest BCUT2D eigenvalue weighted by Crippen LogP contribution is 2.29. The summed E-state index contributed by atoms with van der Waals surface area (Å²) in [6.45, 7) is 4.25. The minimum atomic E-state index is 0.398. The number of anilines is 2. The van der Waals surface area contributed by atoms with Gasteiger partial charge in [-0.25, -0.2) is 9.97 Å². The molecular weight excluding hydrogens is 314 g/mol. The number of hydrogen-bond donors (Lipinski definition) is 1. The van der Waals surface area contributed by atoms with Crippen LogP contribution in [0.5, 0.6) is 0 Å². The average Bonchev–Trinajstić information content (AvgIpc) is 2.35. The standard InChI is InChI=1S/C13H13BrClN3/c1-3-9-4-5-10(6-8(9)2)18-13-11(14)12(15)16-7-17-13/h4-7H,3H2,1-2H3,(H,16,17,18). The van der Waals surface area contributed by atoms with Crippen molar-refractivity contribution in [3.63, 3.8) is 0 Å². The van der Waals surface area contributed by atoms with E-state index in [0.717, 1.165) is 12.1 Å². The summed E-state index contributed by atoms with van der Waals surface area (Å²) >= 11 is 9.29.